The fourth-order valence-corrected chi connectivity index (χ4v) is 9.71. The molecule has 1 N–H and O–H groups in total. The SMILES string of the molecule is CC[C@H](C)NC(=O)[C@H](Cc1ccccc1)N(Cc1ccccc1F)C(=O)CN(c1ccc(C23CC4CC(CC(C4)C2)C3)cc1)S(C)(=O)=O. The van der Waals surface area contributed by atoms with E-state index >= 15 is 4.39 Å². The minimum atomic E-state index is -3.90. The zero-order chi connectivity index (χ0) is 34.1. The molecule has 4 aliphatic carbocycles. The first-order chi connectivity index (χ1) is 22.9. The molecule has 7 rings (SSSR count). The fraction of sp³-hybridized carbons (Fsp3) is 0.487. The number of hydrogen-bond acceptors (Lipinski definition) is 4. The van der Waals surface area contributed by atoms with E-state index in [-0.39, 0.29) is 35.9 Å². The maximum atomic E-state index is 15.0. The van der Waals surface area contributed by atoms with Crippen LogP contribution in [0.1, 0.15) is 75.5 Å². The van der Waals surface area contributed by atoms with Crippen molar-refractivity contribution in [1.29, 1.82) is 0 Å². The summed E-state index contributed by atoms with van der Waals surface area (Å²) in [6.07, 6.45) is 9.55. The molecule has 48 heavy (non-hydrogen) atoms. The highest BCUT2D eigenvalue weighted by Gasteiger charge is 2.51. The number of anilines is 1. The number of halogens is 1. The fourth-order valence-electron chi connectivity index (χ4n) is 8.86. The van der Waals surface area contributed by atoms with Crippen molar-refractivity contribution in [2.45, 2.75) is 89.3 Å². The van der Waals surface area contributed by atoms with Crippen LogP contribution in [0.5, 0.6) is 0 Å². The van der Waals surface area contributed by atoms with Gasteiger partial charge in [-0.3, -0.25) is 13.9 Å². The lowest BCUT2D eigenvalue weighted by Crippen LogP contribution is -2.54. The van der Waals surface area contributed by atoms with E-state index in [1.165, 1.54) is 55.1 Å². The normalized spacial score (nSPS) is 24.1. The zero-order valence-corrected chi connectivity index (χ0v) is 29.1. The van der Waals surface area contributed by atoms with Gasteiger partial charge in [0, 0.05) is 24.6 Å². The van der Waals surface area contributed by atoms with E-state index in [1.807, 2.05) is 56.3 Å². The smallest absolute Gasteiger partial charge is 0.244 e. The number of carbonyl (C=O) groups excluding carboxylic acids is 2. The Kier molecular flexibility index (Phi) is 9.98. The molecule has 2 atom stereocenters. The molecule has 3 aromatic rings. The van der Waals surface area contributed by atoms with Gasteiger partial charge >= 0.3 is 0 Å². The van der Waals surface area contributed by atoms with Gasteiger partial charge in [-0.15, -0.1) is 0 Å². The van der Waals surface area contributed by atoms with Crippen molar-refractivity contribution in [3.05, 3.63) is 101 Å². The lowest BCUT2D eigenvalue weighted by atomic mass is 9.48. The Morgan fingerprint density at radius 1 is 0.896 bits per heavy atom. The van der Waals surface area contributed by atoms with Crippen LogP contribution >= 0.6 is 0 Å². The number of nitrogens with zero attached hydrogens (tertiary/aromatic N) is 2. The minimum absolute atomic E-state index is 0.152. The molecule has 0 spiro atoms. The summed E-state index contributed by atoms with van der Waals surface area (Å²) in [6.45, 7) is 3.13. The molecule has 7 nitrogen and oxygen atoms in total. The van der Waals surface area contributed by atoms with Crippen LogP contribution in [0.25, 0.3) is 0 Å². The lowest BCUT2D eigenvalue weighted by Gasteiger charge is -2.57. The van der Waals surface area contributed by atoms with Crippen molar-refractivity contribution in [3.8, 4) is 0 Å². The maximum Gasteiger partial charge on any atom is 0.244 e. The van der Waals surface area contributed by atoms with E-state index in [9.17, 15) is 18.0 Å². The Morgan fingerprint density at radius 3 is 2.04 bits per heavy atom. The highest BCUT2D eigenvalue weighted by molar-refractivity contribution is 7.92. The molecule has 0 radical (unpaired) electrons. The predicted octanol–water partition coefficient (Wildman–Crippen LogP) is 6.61. The largest absolute Gasteiger partial charge is 0.352 e. The Bertz CT molecular complexity index is 1680. The number of nitrogens with one attached hydrogen (secondary N) is 1. The van der Waals surface area contributed by atoms with Crippen LogP contribution in [0.3, 0.4) is 0 Å². The average molecular weight is 674 g/mol. The van der Waals surface area contributed by atoms with Crippen LogP contribution in [-0.4, -0.2) is 50.0 Å². The van der Waals surface area contributed by atoms with Gasteiger partial charge in [0.15, 0.2) is 0 Å². The molecule has 0 aliphatic heterocycles. The molecule has 9 heteroatoms. The highest BCUT2D eigenvalue weighted by atomic mass is 32.2. The Hall–Kier alpha value is -3.72. The molecule has 0 unspecified atom stereocenters. The van der Waals surface area contributed by atoms with E-state index in [0.29, 0.717) is 12.1 Å². The van der Waals surface area contributed by atoms with Gasteiger partial charge in [-0.2, -0.15) is 0 Å². The first-order valence-electron chi connectivity index (χ1n) is 17.4. The monoisotopic (exact) mass is 673 g/mol. The summed E-state index contributed by atoms with van der Waals surface area (Å²) in [6, 6.07) is 22.1. The molecule has 0 aromatic heterocycles. The molecule has 3 aromatic carbocycles. The van der Waals surface area contributed by atoms with Crippen molar-refractivity contribution < 1.29 is 22.4 Å². The predicted molar refractivity (Wildman–Crippen MR) is 187 cm³/mol. The van der Waals surface area contributed by atoms with Gasteiger partial charge in [0.05, 0.1) is 11.9 Å². The van der Waals surface area contributed by atoms with Gasteiger partial charge < -0.3 is 10.2 Å². The van der Waals surface area contributed by atoms with Crippen LogP contribution in [0.4, 0.5) is 10.1 Å². The highest BCUT2D eigenvalue weighted by Crippen LogP contribution is 2.60. The summed E-state index contributed by atoms with van der Waals surface area (Å²) >= 11 is 0. The van der Waals surface area contributed by atoms with Crippen LogP contribution in [0.15, 0.2) is 78.9 Å². The van der Waals surface area contributed by atoms with Crippen LogP contribution in [0.2, 0.25) is 0 Å². The van der Waals surface area contributed by atoms with Crippen molar-refractivity contribution in [1.82, 2.24) is 10.2 Å². The number of rotatable bonds is 13. The third kappa shape index (κ3) is 7.46. The van der Waals surface area contributed by atoms with Gasteiger partial charge in [-0.25, -0.2) is 12.8 Å². The van der Waals surface area contributed by atoms with Crippen molar-refractivity contribution in [3.63, 3.8) is 0 Å². The second-order valence-electron chi connectivity index (χ2n) is 14.7. The van der Waals surface area contributed by atoms with Gasteiger partial charge in [0.2, 0.25) is 21.8 Å². The summed E-state index contributed by atoms with van der Waals surface area (Å²) in [7, 11) is -3.90. The number of amides is 2. The second kappa shape index (κ2) is 14.0. The quantitative estimate of drug-likeness (QED) is 0.221. The van der Waals surface area contributed by atoms with Gasteiger partial charge in [0.1, 0.15) is 18.4 Å². The zero-order valence-electron chi connectivity index (χ0n) is 28.3. The lowest BCUT2D eigenvalue weighted by molar-refractivity contribution is -0.140. The molecular weight excluding hydrogens is 626 g/mol. The molecule has 4 aliphatic rings. The van der Waals surface area contributed by atoms with E-state index in [1.54, 1.807) is 18.2 Å². The number of sulfonamides is 1. The maximum absolute atomic E-state index is 15.0. The molecule has 4 bridgehead atoms. The van der Waals surface area contributed by atoms with Gasteiger partial charge in [-0.1, -0.05) is 67.6 Å². The molecule has 4 saturated carbocycles. The summed E-state index contributed by atoms with van der Waals surface area (Å²) in [5, 5.41) is 3.00. The topological polar surface area (TPSA) is 86.8 Å². The number of hydrogen-bond donors (Lipinski definition) is 1. The molecule has 0 saturated heterocycles. The Morgan fingerprint density at radius 2 is 1.48 bits per heavy atom. The van der Waals surface area contributed by atoms with Crippen LogP contribution < -0.4 is 9.62 Å². The summed E-state index contributed by atoms with van der Waals surface area (Å²) in [5.41, 5.74) is 2.88. The van der Waals surface area contributed by atoms with E-state index < -0.39 is 34.3 Å². The third-order valence-electron chi connectivity index (χ3n) is 11.1. The number of benzene rings is 3. The van der Waals surface area contributed by atoms with Crippen molar-refractivity contribution >= 4 is 27.5 Å². The van der Waals surface area contributed by atoms with Gasteiger partial charge in [-0.05, 0) is 104 Å². The van der Waals surface area contributed by atoms with Gasteiger partial charge in [0.25, 0.3) is 0 Å². The molecule has 2 amide bonds. The average Bonchev–Trinajstić information content (AvgIpc) is 3.05. The molecule has 0 heterocycles. The first kappa shape index (κ1) is 34.2. The first-order valence-corrected chi connectivity index (χ1v) is 19.2. The van der Waals surface area contributed by atoms with Crippen molar-refractivity contribution in [2.75, 3.05) is 17.1 Å². The standard InChI is InChI=1S/C39H48FN3O4S/c1-4-27(2)41-38(45)36(21-28-10-6-5-7-11-28)42(25-32-12-8-9-13-35(32)40)37(44)26-43(48(3,46)47)34-16-14-33(15-17-34)39-22-29-18-30(23-39)20-31(19-29)24-39/h5-17,27,29-31,36H,4,18-26H2,1-3H3,(H,41,45)/t27-,29?,30?,31?,36-,39?/m0/s1. The van der Waals surface area contributed by atoms with E-state index in [2.05, 4.69) is 17.4 Å². The summed E-state index contributed by atoms with van der Waals surface area (Å²) in [5.74, 6) is 0.877. The minimum Gasteiger partial charge on any atom is -0.352 e. The van der Waals surface area contributed by atoms with E-state index in [4.69, 9.17) is 0 Å². The van der Waals surface area contributed by atoms with Crippen LogP contribution in [0, 0.1) is 23.6 Å². The summed E-state index contributed by atoms with van der Waals surface area (Å²) < 4.78 is 42.8. The molecule has 4 fully saturated rings. The second-order valence-corrected chi connectivity index (χ2v) is 16.6. The Balaban J connectivity index is 1.31. The molecular formula is C39H48FN3O4S. The van der Waals surface area contributed by atoms with Crippen LogP contribution in [-0.2, 0) is 38.0 Å². The van der Waals surface area contributed by atoms with Crippen molar-refractivity contribution in [2.24, 2.45) is 17.8 Å². The molecule has 256 valence electrons. The van der Waals surface area contributed by atoms with E-state index in [0.717, 1.165) is 33.9 Å². The third-order valence-corrected chi connectivity index (χ3v) is 12.2. The number of carbonyl (C=O) groups is 2. The Labute approximate surface area is 285 Å². The summed E-state index contributed by atoms with van der Waals surface area (Å²) in [4.78, 5) is 29.6.